The number of hydrogen-bond donors (Lipinski definition) is 4. The van der Waals surface area contributed by atoms with Gasteiger partial charge in [-0.05, 0) is 0 Å². The van der Waals surface area contributed by atoms with Crippen LogP contribution in [0.4, 0.5) is 0 Å². The number of imidazole rings is 1. The normalized spacial score (nSPS) is 12.8. The predicted molar refractivity (Wildman–Crippen MR) is 52.9 cm³/mol. The Kier molecular flexibility index (Phi) is 2.41. The smallest absolute Gasteiger partial charge is 0.248 e. The molecule has 84 valence electrons. The van der Waals surface area contributed by atoms with E-state index in [-0.39, 0.29) is 12.0 Å². The van der Waals surface area contributed by atoms with E-state index >= 15 is 0 Å². The van der Waals surface area contributed by atoms with E-state index in [4.69, 9.17) is 11.1 Å². The predicted octanol–water partition coefficient (Wildman–Crippen LogP) is -1.91. The Labute approximate surface area is 89.3 Å². The highest BCUT2D eigenvalue weighted by Gasteiger charge is 2.13. The van der Waals surface area contributed by atoms with E-state index in [1.54, 1.807) is 0 Å². The minimum absolute atomic E-state index is 0.0377. The number of fused-ring (bicyclic) bond motifs is 1. The van der Waals surface area contributed by atoms with Gasteiger partial charge in [-0.25, -0.2) is 9.97 Å². The average Bonchev–Trinajstić information content (AvgIpc) is 2.71. The summed E-state index contributed by atoms with van der Waals surface area (Å²) in [6.07, 6.45) is 1.44. The zero-order chi connectivity index (χ0) is 11.7. The van der Waals surface area contributed by atoms with Crippen LogP contribution < -0.4 is 11.2 Å². The number of hydrogen-bond acceptors (Lipinski definition) is 5. The van der Waals surface area contributed by atoms with Crippen molar-refractivity contribution in [3.8, 4) is 0 Å². The number of aliphatic hydroxyl groups is 1. The number of primary amides is 1. The summed E-state index contributed by atoms with van der Waals surface area (Å²) < 4.78 is 1.46. The van der Waals surface area contributed by atoms with Crippen molar-refractivity contribution in [1.82, 2.24) is 19.5 Å². The SMILES string of the molecule is N=c1ncn(C[C@H](O)C(N)=O)c2nc[nH]c12. The maximum absolute atomic E-state index is 10.7. The van der Waals surface area contributed by atoms with Gasteiger partial charge in [0.2, 0.25) is 5.91 Å². The van der Waals surface area contributed by atoms with Crippen LogP contribution in [-0.2, 0) is 11.3 Å². The number of nitrogens with zero attached hydrogens (tertiary/aromatic N) is 3. The van der Waals surface area contributed by atoms with Crippen LogP contribution in [-0.4, -0.2) is 36.6 Å². The molecule has 0 unspecified atom stereocenters. The number of aliphatic hydroxyl groups excluding tert-OH is 1. The van der Waals surface area contributed by atoms with Crippen LogP contribution in [0.3, 0.4) is 0 Å². The molecule has 0 bridgehead atoms. The Morgan fingerprint density at radius 2 is 2.44 bits per heavy atom. The third kappa shape index (κ3) is 1.65. The fourth-order valence-corrected chi connectivity index (χ4v) is 1.34. The van der Waals surface area contributed by atoms with E-state index in [0.717, 1.165) is 0 Å². The quantitative estimate of drug-likeness (QED) is 0.481. The van der Waals surface area contributed by atoms with Crippen LogP contribution in [0.15, 0.2) is 12.7 Å². The molecule has 1 atom stereocenters. The van der Waals surface area contributed by atoms with E-state index in [0.29, 0.717) is 11.2 Å². The number of carbonyl (C=O) groups excluding carboxylic acids is 1. The van der Waals surface area contributed by atoms with Crippen molar-refractivity contribution in [2.24, 2.45) is 5.73 Å². The second-order valence-electron chi connectivity index (χ2n) is 3.26. The number of nitrogens with two attached hydrogens (primary N) is 1. The first-order valence-electron chi connectivity index (χ1n) is 4.50. The van der Waals surface area contributed by atoms with E-state index < -0.39 is 12.0 Å². The summed E-state index contributed by atoms with van der Waals surface area (Å²) in [4.78, 5) is 21.2. The first kappa shape index (κ1) is 10.3. The van der Waals surface area contributed by atoms with Gasteiger partial charge in [-0.3, -0.25) is 10.2 Å². The molecule has 0 spiro atoms. The van der Waals surface area contributed by atoms with Gasteiger partial charge in [0.05, 0.1) is 19.2 Å². The molecule has 2 heterocycles. The maximum Gasteiger partial charge on any atom is 0.248 e. The second-order valence-corrected chi connectivity index (χ2v) is 3.26. The molecule has 0 fully saturated rings. The standard InChI is InChI=1S/C8H10N6O2/c9-6-5-8(12-2-11-5)14(3-13-6)1-4(15)7(10)16/h2-4,9,15H,1H2,(H2,10,16)(H,11,12)/t4-/m0/s1. The molecule has 8 heteroatoms. The average molecular weight is 222 g/mol. The largest absolute Gasteiger partial charge is 0.381 e. The van der Waals surface area contributed by atoms with Crippen LogP contribution in [0.2, 0.25) is 0 Å². The summed E-state index contributed by atoms with van der Waals surface area (Å²) >= 11 is 0. The Morgan fingerprint density at radius 1 is 1.69 bits per heavy atom. The van der Waals surface area contributed by atoms with Crippen molar-refractivity contribution in [3.63, 3.8) is 0 Å². The van der Waals surface area contributed by atoms with Crippen LogP contribution >= 0.6 is 0 Å². The molecule has 16 heavy (non-hydrogen) atoms. The number of carbonyl (C=O) groups is 1. The highest BCUT2D eigenvalue weighted by atomic mass is 16.3. The van der Waals surface area contributed by atoms with Gasteiger partial charge in [-0.1, -0.05) is 0 Å². The van der Waals surface area contributed by atoms with E-state index in [9.17, 15) is 9.90 Å². The minimum Gasteiger partial charge on any atom is -0.381 e. The lowest BCUT2D eigenvalue weighted by Gasteiger charge is -2.09. The van der Waals surface area contributed by atoms with Crippen molar-refractivity contribution in [2.75, 3.05) is 0 Å². The molecule has 2 aromatic heterocycles. The molecule has 0 aliphatic rings. The number of amides is 1. The fourth-order valence-electron chi connectivity index (χ4n) is 1.34. The molecule has 5 N–H and O–H groups in total. The number of H-pyrrole nitrogens is 1. The molecular formula is C8H10N6O2. The van der Waals surface area contributed by atoms with Gasteiger partial charge in [-0.2, -0.15) is 0 Å². The lowest BCUT2D eigenvalue weighted by molar-refractivity contribution is -0.126. The lowest BCUT2D eigenvalue weighted by Crippen LogP contribution is -2.32. The molecule has 2 aromatic rings. The molecule has 0 radical (unpaired) electrons. The van der Waals surface area contributed by atoms with E-state index in [2.05, 4.69) is 15.0 Å². The minimum atomic E-state index is -1.30. The highest BCUT2D eigenvalue weighted by Crippen LogP contribution is 2.03. The zero-order valence-corrected chi connectivity index (χ0v) is 8.21. The summed E-state index contributed by atoms with van der Waals surface area (Å²) in [6, 6.07) is 0. The van der Waals surface area contributed by atoms with E-state index in [1.165, 1.54) is 17.2 Å². The summed E-state index contributed by atoms with van der Waals surface area (Å²) in [7, 11) is 0. The molecular weight excluding hydrogens is 212 g/mol. The Morgan fingerprint density at radius 3 is 3.12 bits per heavy atom. The first-order valence-corrected chi connectivity index (χ1v) is 4.50. The molecule has 1 amide bonds. The summed E-state index contributed by atoms with van der Waals surface area (Å²) in [5, 5.41) is 16.8. The number of aromatic nitrogens is 4. The van der Waals surface area contributed by atoms with E-state index in [1.807, 2.05) is 0 Å². The number of aromatic amines is 1. The van der Waals surface area contributed by atoms with Gasteiger partial charge in [0.25, 0.3) is 0 Å². The first-order chi connectivity index (χ1) is 7.59. The van der Waals surface area contributed by atoms with Crippen LogP contribution in [0.1, 0.15) is 0 Å². The van der Waals surface area contributed by atoms with Crippen molar-refractivity contribution in [1.29, 1.82) is 5.41 Å². The molecule has 0 saturated heterocycles. The molecule has 8 nitrogen and oxygen atoms in total. The van der Waals surface area contributed by atoms with Crippen molar-refractivity contribution >= 4 is 17.1 Å². The number of nitrogens with one attached hydrogen (secondary N) is 2. The third-order valence-corrected chi connectivity index (χ3v) is 2.15. The summed E-state index contributed by atoms with van der Waals surface area (Å²) in [5.41, 5.74) is 5.89. The van der Waals surface area contributed by atoms with Crippen LogP contribution in [0.5, 0.6) is 0 Å². The molecule has 0 aliphatic heterocycles. The molecule has 0 aromatic carbocycles. The summed E-state index contributed by atoms with van der Waals surface area (Å²) in [6.45, 7) is -0.0377. The Hall–Kier alpha value is -2.22. The monoisotopic (exact) mass is 222 g/mol. The lowest BCUT2D eigenvalue weighted by atomic mass is 10.3. The molecule has 0 saturated carbocycles. The molecule has 2 rings (SSSR count). The van der Waals surface area contributed by atoms with Gasteiger partial charge in [0, 0.05) is 0 Å². The van der Waals surface area contributed by atoms with Crippen molar-refractivity contribution in [3.05, 3.63) is 18.1 Å². The van der Waals surface area contributed by atoms with Crippen LogP contribution in [0.25, 0.3) is 11.2 Å². The third-order valence-electron chi connectivity index (χ3n) is 2.15. The van der Waals surface area contributed by atoms with Gasteiger partial charge in [0.15, 0.2) is 11.1 Å². The van der Waals surface area contributed by atoms with Gasteiger partial charge < -0.3 is 20.4 Å². The van der Waals surface area contributed by atoms with Gasteiger partial charge in [0.1, 0.15) is 11.6 Å². The molecule has 0 aliphatic carbocycles. The second kappa shape index (κ2) is 3.74. The topological polar surface area (TPSA) is 134 Å². The Bertz CT molecular complexity index is 585. The van der Waals surface area contributed by atoms with Gasteiger partial charge in [-0.15, -0.1) is 0 Å². The summed E-state index contributed by atoms with van der Waals surface area (Å²) in [5.74, 6) is -0.814. The highest BCUT2D eigenvalue weighted by molar-refractivity contribution is 5.78. The maximum atomic E-state index is 10.7. The fraction of sp³-hybridized carbons (Fsp3) is 0.250. The van der Waals surface area contributed by atoms with Gasteiger partial charge >= 0.3 is 0 Å². The van der Waals surface area contributed by atoms with Crippen molar-refractivity contribution < 1.29 is 9.90 Å². The van der Waals surface area contributed by atoms with Crippen LogP contribution in [0, 0.1) is 5.41 Å². The Balaban J connectivity index is 2.46. The zero-order valence-electron chi connectivity index (χ0n) is 8.21. The number of rotatable bonds is 3. The van der Waals surface area contributed by atoms with Crippen molar-refractivity contribution in [2.45, 2.75) is 12.6 Å².